The highest BCUT2D eigenvalue weighted by Gasteiger charge is 2.09. The quantitative estimate of drug-likeness (QED) is 0.784. The fourth-order valence-electron chi connectivity index (χ4n) is 1.37. The van der Waals surface area contributed by atoms with Crippen LogP contribution in [0.2, 0.25) is 0 Å². The molecule has 0 radical (unpaired) electrons. The Labute approximate surface area is 79.8 Å². The van der Waals surface area contributed by atoms with Crippen molar-refractivity contribution in [3.63, 3.8) is 0 Å². The number of rotatable bonds is 2. The van der Waals surface area contributed by atoms with Gasteiger partial charge in [0.25, 0.3) is 0 Å². The maximum atomic E-state index is 5.14. The van der Waals surface area contributed by atoms with Crippen LogP contribution in [-0.2, 0) is 6.42 Å². The van der Waals surface area contributed by atoms with Crippen molar-refractivity contribution in [1.29, 1.82) is 0 Å². The molecule has 64 valence electrons. The van der Waals surface area contributed by atoms with E-state index in [1.165, 1.54) is 5.56 Å². The van der Waals surface area contributed by atoms with Gasteiger partial charge < -0.3 is 9.73 Å². The van der Waals surface area contributed by atoms with Crippen molar-refractivity contribution >= 4 is 15.9 Å². The summed E-state index contributed by atoms with van der Waals surface area (Å²) in [4.78, 5) is 0. The fraction of sp³-hybridized carbons (Fsp3) is 0.333. The van der Waals surface area contributed by atoms with Gasteiger partial charge in [-0.3, -0.25) is 0 Å². The van der Waals surface area contributed by atoms with Gasteiger partial charge in [0.05, 0.1) is 6.26 Å². The van der Waals surface area contributed by atoms with Crippen molar-refractivity contribution in [2.45, 2.75) is 12.5 Å². The molecule has 0 amide bonds. The molecular formula is C9H10BrNO. The van der Waals surface area contributed by atoms with E-state index in [0.717, 1.165) is 17.6 Å². The molecule has 1 unspecified atom stereocenters. The van der Waals surface area contributed by atoms with Gasteiger partial charge in [-0.1, -0.05) is 12.2 Å². The summed E-state index contributed by atoms with van der Waals surface area (Å²) in [7, 11) is 0. The summed E-state index contributed by atoms with van der Waals surface area (Å²) >= 11 is 3.28. The average molecular weight is 228 g/mol. The molecule has 1 aromatic rings. The smallest absolute Gasteiger partial charge is 0.169 e. The highest BCUT2D eigenvalue weighted by Crippen LogP contribution is 2.16. The molecule has 1 N–H and O–H groups in total. The molecule has 1 aliphatic rings. The van der Waals surface area contributed by atoms with Crippen LogP contribution in [0.1, 0.15) is 5.56 Å². The zero-order valence-corrected chi connectivity index (χ0v) is 8.17. The average Bonchev–Trinajstić information content (AvgIpc) is 2.63. The fourth-order valence-corrected chi connectivity index (χ4v) is 1.75. The second-order valence-corrected chi connectivity index (χ2v) is 3.69. The molecule has 0 bridgehead atoms. The van der Waals surface area contributed by atoms with Gasteiger partial charge in [-0.2, -0.15) is 0 Å². The van der Waals surface area contributed by atoms with Crippen LogP contribution in [0.25, 0.3) is 0 Å². The van der Waals surface area contributed by atoms with Crippen LogP contribution in [0, 0.1) is 0 Å². The Morgan fingerprint density at radius 2 is 2.58 bits per heavy atom. The van der Waals surface area contributed by atoms with Crippen molar-refractivity contribution in [3.05, 3.63) is 34.7 Å². The third-order valence-corrected chi connectivity index (χ3v) is 2.36. The zero-order chi connectivity index (χ0) is 8.39. The Balaban J connectivity index is 1.98. The van der Waals surface area contributed by atoms with Crippen molar-refractivity contribution in [2.75, 3.05) is 6.54 Å². The summed E-state index contributed by atoms with van der Waals surface area (Å²) in [5.74, 6) is 0. The van der Waals surface area contributed by atoms with E-state index in [0.29, 0.717) is 6.04 Å². The van der Waals surface area contributed by atoms with Crippen LogP contribution in [0.4, 0.5) is 0 Å². The van der Waals surface area contributed by atoms with Crippen LogP contribution >= 0.6 is 15.9 Å². The minimum Gasteiger partial charge on any atom is -0.457 e. The van der Waals surface area contributed by atoms with Crippen LogP contribution in [0.15, 0.2) is 33.6 Å². The molecule has 2 nitrogen and oxygen atoms in total. The first-order chi connectivity index (χ1) is 5.84. The van der Waals surface area contributed by atoms with Crippen LogP contribution < -0.4 is 5.32 Å². The highest BCUT2D eigenvalue weighted by atomic mass is 79.9. The van der Waals surface area contributed by atoms with Gasteiger partial charge in [0.2, 0.25) is 0 Å². The van der Waals surface area contributed by atoms with Crippen LogP contribution in [0.3, 0.4) is 0 Å². The molecule has 0 saturated carbocycles. The van der Waals surface area contributed by atoms with Gasteiger partial charge in [0.1, 0.15) is 0 Å². The van der Waals surface area contributed by atoms with Crippen molar-refractivity contribution < 1.29 is 4.42 Å². The van der Waals surface area contributed by atoms with Crippen molar-refractivity contribution in [1.82, 2.24) is 5.32 Å². The Morgan fingerprint density at radius 3 is 3.17 bits per heavy atom. The Morgan fingerprint density at radius 1 is 1.67 bits per heavy atom. The Kier molecular flexibility index (Phi) is 2.33. The number of halogens is 1. The minimum atomic E-state index is 0.481. The van der Waals surface area contributed by atoms with Gasteiger partial charge >= 0.3 is 0 Å². The first-order valence-electron chi connectivity index (χ1n) is 3.97. The predicted molar refractivity (Wildman–Crippen MR) is 51.0 cm³/mol. The molecule has 0 saturated heterocycles. The molecule has 0 fully saturated rings. The van der Waals surface area contributed by atoms with E-state index in [4.69, 9.17) is 4.42 Å². The molecule has 0 aromatic carbocycles. The van der Waals surface area contributed by atoms with E-state index in [1.807, 2.05) is 6.07 Å². The second-order valence-electron chi connectivity index (χ2n) is 2.91. The monoisotopic (exact) mass is 227 g/mol. The molecular weight excluding hydrogens is 218 g/mol. The molecule has 1 aliphatic heterocycles. The lowest BCUT2D eigenvalue weighted by Gasteiger charge is -2.05. The number of nitrogens with one attached hydrogen (secondary N) is 1. The lowest BCUT2D eigenvalue weighted by Crippen LogP contribution is -2.23. The molecule has 3 heteroatoms. The number of hydrogen-bond donors (Lipinski definition) is 1. The summed E-state index contributed by atoms with van der Waals surface area (Å²) < 4.78 is 5.94. The van der Waals surface area contributed by atoms with Gasteiger partial charge in [0.15, 0.2) is 4.67 Å². The lowest BCUT2D eigenvalue weighted by atomic mass is 10.1. The van der Waals surface area contributed by atoms with E-state index in [9.17, 15) is 0 Å². The lowest BCUT2D eigenvalue weighted by molar-refractivity contribution is 0.536. The standard InChI is InChI=1S/C9H10BrNO/c10-9-5-7(6-12-9)4-8-2-1-3-11-8/h1-2,5-6,8,11H,3-4H2. The van der Waals surface area contributed by atoms with Gasteiger partial charge in [0, 0.05) is 12.6 Å². The number of furan rings is 1. The number of hydrogen-bond acceptors (Lipinski definition) is 2. The zero-order valence-electron chi connectivity index (χ0n) is 6.59. The first-order valence-corrected chi connectivity index (χ1v) is 4.77. The summed E-state index contributed by atoms with van der Waals surface area (Å²) in [5, 5.41) is 3.35. The third kappa shape index (κ3) is 1.79. The molecule has 1 atom stereocenters. The van der Waals surface area contributed by atoms with E-state index < -0.39 is 0 Å². The minimum absolute atomic E-state index is 0.481. The summed E-state index contributed by atoms with van der Waals surface area (Å²) in [6.07, 6.45) is 7.14. The molecule has 2 heterocycles. The molecule has 1 aromatic heterocycles. The SMILES string of the molecule is Brc1cc(CC2C=CCN2)co1. The van der Waals surface area contributed by atoms with Crippen LogP contribution in [0.5, 0.6) is 0 Å². The first kappa shape index (κ1) is 8.08. The second kappa shape index (κ2) is 3.46. The van der Waals surface area contributed by atoms with Crippen molar-refractivity contribution in [2.24, 2.45) is 0 Å². The van der Waals surface area contributed by atoms with E-state index in [2.05, 4.69) is 33.4 Å². The summed E-state index contributed by atoms with van der Waals surface area (Å²) in [6, 6.07) is 2.49. The topological polar surface area (TPSA) is 25.2 Å². The normalized spacial score (nSPS) is 21.9. The van der Waals surface area contributed by atoms with Gasteiger partial charge in [-0.05, 0) is 34.0 Å². The molecule has 0 spiro atoms. The molecule has 0 aliphatic carbocycles. The van der Waals surface area contributed by atoms with Gasteiger partial charge in [-0.25, -0.2) is 0 Å². The highest BCUT2D eigenvalue weighted by molar-refractivity contribution is 9.10. The van der Waals surface area contributed by atoms with E-state index in [1.54, 1.807) is 6.26 Å². The summed E-state index contributed by atoms with van der Waals surface area (Å²) in [5.41, 5.74) is 1.23. The van der Waals surface area contributed by atoms with E-state index >= 15 is 0 Å². The Hall–Kier alpha value is -0.540. The Bertz CT molecular complexity index is 292. The largest absolute Gasteiger partial charge is 0.457 e. The molecule has 12 heavy (non-hydrogen) atoms. The van der Waals surface area contributed by atoms with Crippen molar-refractivity contribution in [3.8, 4) is 0 Å². The third-order valence-electron chi connectivity index (χ3n) is 1.94. The van der Waals surface area contributed by atoms with Crippen LogP contribution in [-0.4, -0.2) is 12.6 Å². The summed E-state index contributed by atoms with van der Waals surface area (Å²) in [6.45, 7) is 0.990. The maximum absolute atomic E-state index is 5.14. The predicted octanol–water partition coefficient (Wildman–Crippen LogP) is 2.11. The maximum Gasteiger partial charge on any atom is 0.169 e. The molecule has 2 rings (SSSR count). The van der Waals surface area contributed by atoms with Gasteiger partial charge in [-0.15, -0.1) is 0 Å². The van der Waals surface area contributed by atoms with E-state index in [-0.39, 0.29) is 0 Å².